The minimum absolute atomic E-state index is 0.189. The molecule has 96 valence electrons. The molecule has 0 spiro atoms. The van der Waals surface area contributed by atoms with Crippen LogP contribution >= 0.6 is 0 Å². The van der Waals surface area contributed by atoms with E-state index in [1.54, 1.807) is 0 Å². The SMILES string of the molecule is N#CCNC1CCCN(Cc2ccc(F)cc2)C1. The average Bonchev–Trinajstić information content (AvgIpc) is 2.40. The summed E-state index contributed by atoms with van der Waals surface area (Å²) in [5.74, 6) is -0.189. The van der Waals surface area contributed by atoms with Gasteiger partial charge in [0.15, 0.2) is 0 Å². The zero-order valence-corrected chi connectivity index (χ0v) is 10.4. The zero-order valence-electron chi connectivity index (χ0n) is 10.4. The predicted octanol–water partition coefficient (Wildman–Crippen LogP) is 1.90. The molecule has 1 aromatic rings. The molecule has 1 aliphatic heterocycles. The van der Waals surface area contributed by atoms with Gasteiger partial charge in [-0.25, -0.2) is 4.39 Å². The van der Waals surface area contributed by atoms with E-state index in [0.717, 1.165) is 38.0 Å². The maximum Gasteiger partial charge on any atom is 0.123 e. The smallest absolute Gasteiger partial charge is 0.123 e. The van der Waals surface area contributed by atoms with E-state index < -0.39 is 0 Å². The van der Waals surface area contributed by atoms with Crippen molar-refractivity contribution in [1.29, 1.82) is 5.26 Å². The molecule has 1 aromatic carbocycles. The Balaban J connectivity index is 1.85. The Morgan fingerprint density at radius 2 is 2.17 bits per heavy atom. The summed E-state index contributed by atoms with van der Waals surface area (Å²) in [6.45, 7) is 3.29. The quantitative estimate of drug-likeness (QED) is 0.826. The van der Waals surface area contributed by atoms with Crippen LogP contribution in [0.3, 0.4) is 0 Å². The van der Waals surface area contributed by atoms with E-state index in [1.807, 2.05) is 12.1 Å². The second kappa shape index (κ2) is 6.48. The Morgan fingerprint density at radius 3 is 2.89 bits per heavy atom. The Kier molecular flexibility index (Phi) is 4.68. The van der Waals surface area contributed by atoms with Gasteiger partial charge in [-0.05, 0) is 37.1 Å². The molecule has 3 nitrogen and oxygen atoms in total. The van der Waals surface area contributed by atoms with Crippen LogP contribution in [0.1, 0.15) is 18.4 Å². The minimum Gasteiger partial charge on any atom is -0.300 e. The molecule has 0 amide bonds. The average molecular weight is 247 g/mol. The number of nitrogens with zero attached hydrogens (tertiary/aromatic N) is 2. The lowest BCUT2D eigenvalue weighted by atomic mass is 10.0. The van der Waals surface area contributed by atoms with Gasteiger partial charge in [0, 0.05) is 19.1 Å². The first-order valence-corrected chi connectivity index (χ1v) is 6.35. The van der Waals surface area contributed by atoms with Gasteiger partial charge in [0.2, 0.25) is 0 Å². The molecular formula is C14H18FN3. The largest absolute Gasteiger partial charge is 0.300 e. The zero-order chi connectivity index (χ0) is 12.8. The van der Waals surface area contributed by atoms with Gasteiger partial charge in [-0.15, -0.1) is 0 Å². The van der Waals surface area contributed by atoms with Crippen molar-refractivity contribution in [2.24, 2.45) is 0 Å². The van der Waals surface area contributed by atoms with Gasteiger partial charge in [-0.2, -0.15) is 5.26 Å². The van der Waals surface area contributed by atoms with Crippen molar-refractivity contribution in [3.8, 4) is 6.07 Å². The highest BCUT2D eigenvalue weighted by atomic mass is 19.1. The fraction of sp³-hybridized carbons (Fsp3) is 0.500. The van der Waals surface area contributed by atoms with E-state index in [-0.39, 0.29) is 5.82 Å². The molecule has 0 aromatic heterocycles. The summed E-state index contributed by atoms with van der Waals surface area (Å²) < 4.78 is 12.8. The number of rotatable bonds is 4. The number of nitrogens with one attached hydrogen (secondary N) is 1. The number of nitriles is 1. The van der Waals surface area contributed by atoms with Gasteiger partial charge >= 0.3 is 0 Å². The second-order valence-corrected chi connectivity index (χ2v) is 4.74. The van der Waals surface area contributed by atoms with Gasteiger partial charge in [-0.1, -0.05) is 12.1 Å². The molecule has 1 N–H and O–H groups in total. The van der Waals surface area contributed by atoms with Gasteiger partial charge in [0.05, 0.1) is 12.6 Å². The predicted molar refractivity (Wildman–Crippen MR) is 68.3 cm³/mol. The van der Waals surface area contributed by atoms with E-state index in [1.165, 1.54) is 12.1 Å². The third kappa shape index (κ3) is 3.80. The molecule has 0 aliphatic carbocycles. The normalized spacial score (nSPS) is 20.6. The topological polar surface area (TPSA) is 39.1 Å². The highest BCUT2D eigenvalue weighted by Gasteiger charge is 2.19. The van der Waals surface area contributed by atoms with E-state index >= 15 is 0 Å². The number of benzene rings is 1. The lowest BCUT2D eigenvalue weighted by Gasteiger charge is -2.32. The second-order valence-electron chi connectivity index (χ2n) is 4.74. The van der Waals surface area contributed by atoms with Crippen LogP contribution in [0.2, 0.25) is 0 Å². The minimum atomic E-state index is -0.189. The molecule has 1 fully saturated rings. The van der Waals surface area contributed by atoms with Gasteiger partial charge < -0.3 is 5.32 Å². The molecule has 1 atom stereocenters. The fourth-order valence-corrected chi connectivity index (χ4v) is 2.40. The fourth-order valence-electron chi connectivity index (χ4n) is 2.40. The molecule has 1 aliphatic rings. The molecule has 1 heterocycles. The van der Waals surface area contributed by atoms with E-state index in [0.29, 0.717) is 12.6 Å². The van der Waals surface area contributed by atoms with Crippen LogP contribution in [-0.2, 0) is 6.54 Å². The summed E-state index contributed by atoms with van der Waals surface area (Å²) in [4.78, 5) is 2.35. The van der Waals surface area contributed by atoms with Crippen LogP contribution in [0.15, 0.2) is 24.3 Å². The first-order chi connectivity index (χ1) is 8.78. The van der Waals surface area contributed by atoms with Crippen molar-refractivity contribution in [2.45, 2.75) is 25.4 Å². The van der Waals surface area contributed by atoms with Crippen LogP contribution in [-0.4, -0.2) is 30.6 Å². The number of hydrogen-bond acceptors (Lipinski definition) is 3. The van der Waals surface area contributed by atoms with E-state index in [4.69, 9.17) is 5.26 Å². The number of likely N-dealkylation sites (tertiary alicyclic amines) is 1. The standard InChI is InChI=1S/C14H18FN3/c15-13-5-3-12(4-6-13)10-18-9-1-2-14(11-18)17-8-7-16/h3-6,14,17H,1-2,8-11H2. The van der Waals surface area contributed by atoms with Crippen molar-refractivity contribution in [1.82, 2.24) is 10.2 Å². The maximum atomic E-state index is 12.8. The highest BCUT2D eigenvalue weighted by Crippen LogP contribution is 2.14. The van der Waals surface area contributed by atoms with Crippen molar-refractivity contribution in [2.75, 3.05) is 19.6 Å². The Bertz CT molecular complexity index is 410. The number of halogens is 1. The Labute approximate surface area is 107 Å². The maximum absolute atomic E-state index is 12.8. The summed E-state index contributed by atoms with van der Waals surface area (Å²) in [6, 6.07) is 9.20. The van der Waals surface area contributed by atoms with Crippen LogP contribution < -0.4 is 5.32 Å². The van der Waals surface area contributed by atoms with Crippen molar-refractivity contribution < 1.29 is 4.39 Å². The summed E-state index contributed by atoms with van der Waals surface area (Å²) >= 11 is 0. The number of piperidine rings is 1. The Hall–Kier alpha value is -1.44. The molecule has 18 heavy (non-hydrogen) atoms. The van der Waals surface area contributed by atoms with Crippen molar-refractivity contribution in [3.63, 3.8) is 0 Å². The molecule has 0 saturated carbocycles. The van der Waals surface area contributed by atoms with Crippen molar-refractivity contribution in [3.05, 3.63) is 35.6 Å². The molecule has 1 saturated heterocycles. The lowest BCUT2D eigenvalue weighted by Crippen LogP contribution is -2.45. The summed E-state index contributed by atoms with van der Waals surface area (Å²) in [6.07, 6.45) is 2.27. The van der Waals surface area contributed by atoms with Crippen LogP contribution in [0.25, 0.3) is 0 Å². The third-order valence-corrected chi connectivity index (χ3v) is 3.29. The Morgan fingerprint density at radius 1 is 1.39 bits per heavy atom. The third-order valence-electron chi connectivity index (χ3n) is 3.29. The molecule has 1 unspecified atom stereocenters. The van der Waals surface area contributed by atoms with Crippen molar-refractivity contribution >= 4 is 0 Å². The summed E-state index contributed by atoms with van der Waals surface area (Å²) in [7, 11) is 0. The molecular weight excluding hydrogens is 229 g/mol. The lowest BCUT2D eigenvalue weighted by molar-refractivity contribution is 0.186. The van der Waals surface area contributed by atoms with Gasteiger partial charge in [0.1, 0.15) is 5.82 Å². The van der Waals surface area contributed by atoms with Gasteiger partial charge in [-0.3, -0.25) is 4.90 Å². The van der Waals surface area contributed by atoms with Crippen LogP contribution in [0.5, 0.6) is 0 Å². The van der Waals surface area contributed by atoms with Crippen LogP contribution in [0.4, 0.5) is 4.39 Å². The first-order valence-electron chi connectivity index (χ1n) is 6.35. The van der Waals surface area contributed by atoms with Gasteiger partial charge in [0.25, 0.3) is 0 Å². The summed E-state index contributed by atoms with van der Waals surface area (Å²) in [5, 5.41) is 11.8. The monoisotopic (exact) mass is 247 g/mol. The van der Waals surface area contributed by atoms with Crippen LogP contribution in [0, 0.1) is 17.1 Å². The number of hydrogen-bond donors (Lipinski definition) is 1. The molecule has 2 rings (SSSR count). The van der Waals surface area contributed by atoms with E-state index in [9.17, 15) is 4.39 Å². The van der Waals surface area contributed by atoms with E-state index in [2.05, 4.69) is 16.3 Å². The molecule has 0 radical (unpaired) electrons. The first kappa shape index (κ1) is 13.0. The molecule has 0 bridgehead atoms. The highest BCUT2D eigenvalue weighted by molar-refractivity contribution is 5.16. The molecule has 4 heteroatoms. The summed E-state index contributed by atoms with van der Waals surface area (Å²) in [5.41, 5.74) is 1.14.